The summed E-state index contributed by atoms with van der Waals surface area (Å²) in [4.78, 5) is 0.280. The zero-order chi connectivity index (χ0) is 16.6. The van der Waals surface area contributed by atoms with Crippen molar-refractivity contribution in [3.63, 3.8) is 0 Å². The lowest BCUT2D eigenvalue weighted by atomic mass is 10.00. The van der Waals surface area contributed by atoms with Crippen molar-refractivity contribution >= 4 is 25.8 Å². The van der Waals surface area contributed by atoms with Crippen LogP contribution in [0.3, 0.4) is 0 Å². The molecule has 0 radical (unpaired) electrons. The van der Waals surface area contributed by atoms with E-state index in [1.807, 2.05) is 31.2 Å². The average Bonchev–Trinajstić information content (AvgIpc) is 2.89. The van der Waals surface area contributed by atoms with Crippen LogP contribution < -0.4 is 0 Å². The molecule has 0 aliphatic heterocycles. The molecular formula is C17H14BrNO3S. The zero-order valence-electron chi connectivity index (χ0n) is 12.6. The molecular weight excluding hydrogens is 378 g/mol. The summed E-state index contributed by atoms with van der Waals surface area (Å²) in [5.41, 5.74) is 3.48. The Balaban J connectivity index is 2.10. The van der Waals surface area contributed by atoms with Gasteiger partial charge in [0.25, 0.3) is 0 Å². The molecule has 0 saturated heterocycles. The van der Waals surface area contributed by atoms with Crippen LogP contribution in [0.2, 0.25) is 0 Å². The van der Waals surface area contributed by atoms with Crippen molar-refractivity contribution in [1.82, 2.24) is 5.16 Å². The van der Waals surface area contributed by atoms with Gasteiger partial charge in [0.1, 0.15) is 0 Å². The van der Waals surface area contributed by atoms with Gasteiger partial charge in [-0.15, -0.1) is 0 Å². The second-order valence-corrected chi connectivity index (χ2v) is 8.21. The molecule has 0 fully saturated rings. The number of aromatic nitrogens is 1. The van der Waals surface area contributed by atoms with Crippen LogP contribution >= 0.6 is 15.9 Å². The highest BCUT2D eigenvalue weighted by Crippen LogP contribution is 2.35. The van der Waals surface area contributed by atoms with Crippen LogP contribution in [0.5, 0.6) is 0 Å². The first-order valence-corrected chi connectivity index (χ1v) is 9.57. The summed E-state index contributed by atoms with van der Waals surface area (Å²) in [6.07, 6.45) is 1.19. The van der Waals surface area contributed by atoms with Gasteiger partial charge in [-0.2, -0.15) is 0 Å². The van der Waals surface area contributed by atoms with Gasteiger partial charge in [-0.25, -0.2) is 8.42 Å². The van der Waals surface area contributed by atoms with Gasteiger partial charge in [0.15, 0.2) is 15.6 Å². The topological polar surface area (TPSA) is 60.2 Å². The van der Waals surface area contributed by atoms with Crippen molar-refractivity contribution in [1.29, 1.82) is 0 Å². The van der Waals surface area contributed by atoms with E-state index in [9.17, 15) is 8.42 Å². The Kier molecular flexibility index (Phi) is 4.12. The fourth-order valence-electron chi connectivity index (χ4n) is 2.38. The molecule has 0 aliphatic carbocycles. The summed E-state index contributed by atoms with van der Waals surface area (Å²) in [5.74, 6) is 0.630. The van der Waals surface area contributed by atoms with E-state index < -0.39 is 9.84 Å². The van der Waals surface area contributed by atoms with E-state index in [-0.39, 0.29) is 4.90 Å². The minimum absolute atomic E-state index is 0.280. The fraction of sp³-hybridized carbons (Fsp3) is 0.118. The molecule has 6 heteroatoms. The van der Waals surface area contributed by atoms with Gasteiger partial charge in [0.05, 0.1) is 16.2 Å². The van der Waals surface area contributed by atoms with Gasteiger partial charge in [0, 0.05) is 16.3 Å². The van der Waals surface area contributed by atoms with Gasteiger partial charge in [0.2, 0.25) is 0 Å². The lowest BCUT2D eigenvalue weighted by Gasteiger charge is -2.04. The summed E-state index contributed by atoms with van der Waals surface area (Å²) in [7, 11) is -3.22. The summed E-state index contributed by atoms with van der Waals surface area (Å²) in [5, 5.41) is 4.06. The Morgan fingerprint density at radius 3 is 2.09 bits per heavy atom. The number of aryl methyl sites for hydroxylation is 1. The molecule has 0 N–H and O–H groups in total. The lowest BCUT2D eigenvalue weighted by molar-refractivity contribution is 0.427. The van der Waals surface area contributed by atoms with Crippen LogP contribution in [0.4, 0.5) is 0 Å². The van der Waals surface area contributed by atoms with E-state index in [1.54, 1.807) is 24.3 Å². The highest BCUT2D eigenvalue weighted by molar-refractivity contribution is 9.10. The summed E-state index contributed by atoms with van der Waals surface area (Å²) >= 11 is 3.42. The minimum Gasteiger partial charge on any atom is -0.355 e. The third kappa shape index (κ3) is 3.23. The van der Waals surface area contributed by atoms with Gasteiger partial charge < -0.3 is 4.52 Å². The second-order valence-electron chi connectivity index (χ2n) is 5.28. The highest BCUT2D eigenvalue weighted by Gasteiger charge is 2.17. The Labute approximate surface area is 143 Å². The maximum atomic E-state index is 11.6. The van der Waals surface area contributed by atoms with Crippen LogP contribution in [0.25, 0.3) is 22.5 Å². The Morgan fingerprint density at radius 2 is 1.52 bits per heavy atom. The molecule has 0 saturated carbocycles. The van der Waals surface area contributed by atoms with Crippen LogP contribution in [0, 0.1) is 6.92 Å². The Hall–Kier alpha value is -1.92. The SMILES string of the molecule is Cc1noc(-c2ccc(S(C)(=O)=O)cc2)c1-c1ccc(Br)cc1. The maximum Gasteiger partial charge on any atom is 0.175 e. The van der Waals surface area contributed by atoms with E-state index >= 15 is 0 Å². The zero-order valence-corrected chi connectivity index (χ0v) is 15.0. The lowest BCUT2D eigenvalue weighted by Crippen LogP contribution is -1.96. The molecule has 0 amide bonds. The summed E-state index contributed by atoms with van der Waals surface area (Å²) < 4.78 is 29.6. The van der Waals surface area contributed by atoms with Crippen LogP contribution in [-0.2, 0) is 9.84 Å². The predicted molar refractivity (Wildman–Crippen MR) is 92.9 cm³/mol. The molecule has 3 rings (SSSR count). The van der Waals surface area contributed by atoms with Crippen molar-refractivity contribution in [2.75, 3.05) is 6.26 Å². The molecule has 118 valence electrons. The molecule has 0 aliphatic rings. The quantitative estimate of drug-likeness (QED) is 0.659. The molecule has 2 aromatic carbocycles. The van der Waals surface area contributed by atoms with Crippen molar-refractivity contribution in [3.8, 4) is 22.5 Å². The monoisotopic (exact) mass is 391 g/mol. The average molecular weight is 392 g/mol. The van der Waals surface area contributed by atoms with E-state index in [0.717, 1.165) is 26.9 Å². The van der Waals surface area contributed by atoms with Crippen molar-refractivity contribution in [2.45, 2.75) is 11.8 Å². The van der Waals surface area contributed by atoms with Gasteiger partial charge >= 0.3 is 0 Å². The van der Waals surface area contributed by atoms with E-state index in [0.29, 0.717) is 5.76 Å². The number of benzene rings is 2. The molecule has 0 bridgehead atoms. The van der Waals surface area contributed by atoms with E-state index in [2.05, 4.69) is 21.1 Å². The molecule has 3 aromatic rings. The number of hydrogen-bond donors (Lipinski definition) is 0. The molecule has 0 spiro atoms. The molecule has 4 nitrogen and oxygen atoms in total. The normalized spacial score (nSPS) is 11.6. The first kappa shape index (κ1) is 16.0. The fourth-order valence-corrected chi connectivity index (χ4v) is 3.27. The number of hydrogen-bond acceptors (Lipinski definition) is 4. The minimum atomic E-state index is -3.22. The van der Waals surface area contributed by atoms with Gasteiger partial charge in [-0.05, 0) is 48.9 Å². The van der Waals surface area contributed by atoms with E-state index in [4.69, 9.17) is 4.52 Å². The third-order valence-corrected chi connectivity index (χ3v) is 5.20. The van der Waals surface area contributed by atoms with E-state index in [1.165, 1.54) is 6.26 Å². The predicted octanol–water partition coefficient (Wildman–Crippen LogP) is 4.48. The number of halogens is 1. The van der Waals surface area contributed by atoms with Crippen molar-refractivity contribution in [3.05, 3.63) is 58.7 Å². The molecule has 0 unspecified atom stereocenters. The van der Waals surface area contributed by atoms with Gasteiger partial charge in [-0.3, -0.25) is 0 Å². The molecule has 23 heavy (non-hydrogen) atoms. The first-order chi connectivity index (χ1) is 10.9. The van der Waals surface area contributed by atoms with Crippen LogP contribution in [0.1, 0.15) is 5.69 Å². The maximum absolute atomic E-state index is 11.6. The number of rotatable bonds is 3. The highest BCUT2D eigenvalue weighted by atomic mass is 79.9. The number of sulfone groups is 1. The largest absolute Gasteiger partial charge is 0.355 e. The van der Waals surface area contributed by atoms with Crippen molar-refractivity contribution in [2.24, 2.45) is 0 Å². The molecule has 0 atom stereocenters. The van der Waals surface area contributed by atoms with Crippen molar-refractivity contribution < 1.29 is 12.9 Å². The van der Waals surface area contributed by atoms with Crippen LogP contribution in [0.15, 0.2) is 62.4 Å². The first-order valence-electron chi connectivity index (χ1n) is 6.89. The second kappa shape index (κ2) is 5.94. The summed E-state index contributed by atoms with van der Waals surface area (Å²) in [6.45, 7) is 1.88. The third-order valence-electron chi connectivity index (χ3n) is 3.54. The number of nitrogens with zero attached hydrogens (tertiary/aromatic N) is 1. The standard InChI is InChI=1S/C17H14BrNO3S/c1-11-16(12-3-7-14(18)8-4-12)17(22-19-11)13-5-9-15(10-6-13)23(2,20)21/h3-10H,1-2H3. The Bertz CT molecular complexity index is 943. The molecule has 1 heterocycles. The smallest absolute Gasteiger partial charge is 0.175 e. The summed E-state index contributed by atoms with van der Waals surface area (Å²) in [6, 6.07) is 14.5. The molecule has 1 aromatic heterocycles. The van der Waals surface area contributed by atoms with Gasteiger partial charge in [-0.1, -0.05) is 33.2 Å². The van der Waals surface area contributed by atoms with Crippen LogP contribution in [-0.4, -0.2) is 19.8 Å². The Morgan fingerprint density at radius 1 is 0.957 bits per heavy atom.